The zero-order valence-electron chi connectivity index (χ0n) is 17.6. The molecule has 0 fully saturated rings. The Morgan fingerprint density at radius 3 is 2.47 bits per heavy atom. The number of fused-ring (bicyclic) bond motifs is 1. The minimum atomic E-state index is -0.452. The third-order valence-corrected chi connectivity index (χ3v) is 4.73. The second kappa shape index (κ2) is 8.80. The van der Waals surface area contributed by atoms with Gasteiger partial charge in [-0.05, 0) is 30.7 Å². The van der Waals surface area contributed by atoms with E-state index in [1.54, 1.807) is 28.9 Å². The molecule has 0 aliphatic rings. The van der Waals surface area contributed by atoms with E-state index in [0.717, 1.165) is 11.1 Å². The van der Waals surface area contributed by atoms with Crippen LogP contribution in [-0.2, 0) is 22.7 Å². The van der Waals surface area contributed by atoms with Crippen LogP contribution in [0.4, 0.5) is 11.4 Å². The molecule has 2 aromatic carbocycles. The average molecular weight is 431 g/mol. The van der Waals surface area contributed by atoms with Crippen molar-refractivity contribution >= 4 is 34.4 Å². The lowest BCUT2D eigenvalue weighted by atomic mass is 10.1. The molecule has 0 atom stereocenters. The SMILES string of the molecule is CC(=O)Nc1cccc(NC(=O)Cn2cnc3c(nnn3Cc3ccc(C)cc3)c2=O)c1. The molecular weight excluding hydrogens is 410 g/mol. The number of carbonyl (C=O) groups is 2. The summed E-state index contributed by atoms with van der Waals surface area (Å²) in [6.45, 7) is 3.60. The molecule has 0 aliphatic heterocycles. The lowest BCUT2D eigenvalue weighted by Crippen LogP contribution is -2.28. The maximum atomic E-state index is 12.8. The highest BCUT2D eigenvalue weighted by Crippen LogP contribution is 2.15. The molecule has 2 N–H and O–H groups in total. The van der Waals surface area contributed by atoms with E-state index in [4.69, 9.17) is 0 Å². The van der Waals surface area contributed by atoms with Crippen molar-refractivity contribution in [1.29, 1.82) is 0 Å². The van der Waals surface area contributed by atoms with Crippen molar-refractivity contribution in [3.8, 4) is 0 Å². The van der Waals surface area contributed by atoms with Crippen LogP contribution in [0.25, 0.3) is 11.2 Å². The number of anilines is 2. The summed E-state index contributed by atoms with van der Waals surface area (Å²) in [5.74, 6) is -0.630. The van der Waals surface area contributed by atoms with Gasteiger partial charge in [0, 0.05) is 18.3 Å². The van der Waals surface area contributed by atoms with E-state index >= 15 is 0 Å². The minimum absolute atomic E-state index is 0.0973. The normalized spacial score (nSPS) is 10.8. The Bertz CT molecular complexity index is 1360. The lowest BCUT2D eigenvalue weighted by molar-refractivity contribution is -0.117. The van der Waals surface area contributed by atoms with Crippen molar-refractivity contribution in [3.05, 3.63) is 76.3 Å². The van der Waals surface area contributed by atoms with Gasteiger partial charge < -0.3 is 10.6 Å². The smallest absolute Gasteiger partial charge is 0.283 e. The standard InChI is InChI=1S/C22H21N7O3/c1-14-6-8-16(9-7-14)11-29-21-20(26-27-29)22(32)28(13-23-21)12-19(31)25-18-5-3-4-17(10-18)24-15(2)30/h3-10,13H,11-12H2,1-2H3,(H,24,30)(H,25,31). The van der Waals surface area contributed by atoms with Gasteiger partial charge in [0.15, 0.2) is 11.2 Å². The molecule has 0 bridgehead atoms. The van der Waals surface area contributed by atoms with Crippen LogP contribution in [0, 0.1) is 6.92 Å². The number of benzene rings is 2. The topological polar surface area (TPSA) is 124 Å². The molecule has 0 spiro atoms. The maximum Gasteiger partial charge on any atom is 0.283 e. The highest BCUT2D eigenvalue weighted by atomic mass is 16.2. The summed E-state index contributed by atoms with van der Waals surface area (Å²) in [5, 5.41) is 13.4. The number of aryl methyl sites for hydroxylation is 1. The largest absolute Gasteiger partial charge is 0.326 e. The van der Waals surface area contributed by atoms with E-state index in [2.05, 4.69) is 25.9 Å². The fraction of sp³-hybridized carbons (Fsp3) is 0.182. The highest BCUT2D eigenvalue weighted by Gasteiger charge is 2.14. The molecule has 2 amide bonds. The van der Waals surface area contributed by atoms with Crippen LogP contribution in [-0.4, -0.2) is 36.4 Å². The lowest BCUT2D eigenvalue weighted by Gasteiger charge is -2.09. The first-order valence-corrected chi connectivity index (χ1v) is 9.91. The molecule has 0 saturated carbocycles. The number of nitrogens with zero attached hydrogens (tertiary/aromatic N) is 5. The molecule has 0 saturated heterocycles. The Labute approximate surface area is 182 Å². The van der Waals surface area contributed by atoms with E-state index in [-0.39, 0.29) is 18.0 Å². The first-order chi connectivity index (χ1) is 15.4. The summed E-state index contributed by atoms with van der Waals surface area (Å²) in [6.07, 6.45) is 1.31. The first kappa shape index (κ1) is 20.9. The Morgan fingerprint density at radius 1 is 1.03 bits per heavy atom. The predicted octanol–water partition coefficient (Wildman–Crippen LogP) is 1.94. The van der Waals surface area contributed by atoms with Gasteiger partial charge in [0.25, 0.3) is 5.56 Å². The fourth-order valence-electron chi connectivity index (χ4n) is 3.21. The molecule has 2 aromatic heterocycles. The van der Waals surface area contributed by atoms with Crippen LogP contribution in [0.1, 0.15) is 18.1 Å². The minimum Gasteiger partial charge on any atom is -0.326 e. The van der Waals surface area contributed by atoms with E-state index < -0.39 is 11.5 Å². The van der Waals surface area contributed by atoms with Crippen LogP contribution in [0.5, 0.6) is 0 Å². The van der Waals surface area contributed by atoms with Gasteiger partial charge in [-0.1, -0.05) is 41.1 Å². The number of aromatic nitrogens is 5. The monoisotopic (exact) mass is 431 g/mol. The average Bonchev–Trinajstić information content (AvgIpc) is 3.15. The van der Waals surface area contributed by atoms with Gasteiger partial charge in [0.2, 0.25) is 11.8 Å². The van der Waals surface area contributed by atoms with E-state index in [1.807, 2.05) is 31.2 Å². The summed E-state index contributed by atoms with van der Waals surface area (Å²) in [6, 6.07) is 14.7. The van der Waals surface area contributed by atoms with Crippen molar-refractivity contribution in [2.24, 2.45) is 0 Å². The molecule has 2 heterocycles. The first-order valence-electron chi connectivity index (χ1n) is 9.91. The van der Waals surface area contributed by atoms with Gasteiger partial charge in [-0.25, -0.2) is 9.67 Å². The number of amides is 2. The van der Waals surface area contributed by atoms with E-state index in [0.29, 0.717) is 23.6 Å². The predicted molar refractivity (Wildman–Crippen MR) is 119 cm³/mol. The van der Waals surface area contributed by atoms with Crippen molar-refractivity contribution in [2.75, 3.05) is 10.6 Å². The molecule has 4 rings (SSSR count). The van der Waals surface area contributed by atoms with Crippen LogP contribution in [0.15, 0.2) is 59.7 Å². The number of hydrogen-bond acceptors (Lipinski definition) is 6. The number of hydrogen-bond donors (Lipinski definition) is 2. The second-order valence-corrected chi connectivity index (χ2v) is 7.39. The number of carbonyl (C=O) groups excluding carboxylic acids is 2. The third kappa shape index (κ3) is 4.69. The van der Waals surface area contributed by atoms with Crippen molar-refractivity contribution in [3.63, 3.8) is 0 Å². The molecule has 0 unspecified atom stereocenters. The van der Waals surface area contributed by atoms with Crippen LogP contribution >= 0.6 is 0 Å². The quantitative estimate of drug-likeness (QED) is 0.481. The highest BCUT2D eigenvalue weighted by molar-refractivity contribution is 5.93. The van der Waals surface area contributed by atoms with Gasteiger partial charge in [0.05, 0.1) is 6.54 Å². The van der Waals surface area contributed by atoms with Gasteiger partial charge in [-0.2, -0.15) is 0 Å². The molecule has 162 valence electrons. The maximum absolute atomic E-state index is 12.8. The van der Waals surface area contributed by atoms with E-state index in [9.17, 15) is 14.4 Å². The molecule has 0 aliphatic carbocycles. The van der Waals surface area contributed by atoms with Gasteiger partial charge >= 0.3 is 0 Å². The fourth-order valence-corrected chi connectivity index (χ4v) is 3.21. The Morgan fingerprint density at radius 2 is 1.75 bits per heavy atom. The summed E-state index contributed by atoms with van der Waals surface area (Å²) in [5.41, 5.74) is 3.21. The summed E-state index contributed by atoms with van der Waals surface area (Å²) < 4.78 is 2.74. The molecule has 4 aromatic rings. The Kier molecular flexibility index (Phi) is 5.75. The summed E-state index contributed by atoms with van der Waals surface area (Å²) in [4.78, 5) is 40.7. The van der Waals surface area contributed by atoms with Crippen molar-refractivity contribution in [2.45, 2.75) is 26.9 Å². The molecule has 10 heteroatoms. The van der Waals surface area contributed by atoms with Crippen LogP contribution in [0.3, 0.4) is 0 Å². The zero-order chi connectivity index (χ0) is 22.7. The van der Waals surface area contributed by atoms with Crippen molar-refractivity contribution in [1.82, 2.24) is 24.5 Å². The van der Waals surface area contributed by atoms with Gasteiger partial charge in [0.1, 0.15) is 12.9 Å². The second-order valence-electron chi connectivity index (χ2n) is 7.39. The van der Waals surface area contributed by atoms with Crippen LogP contribution in [0.2, 0.25) is 0 Å². The van der Waals surface area contributed by atoms with E-state index in [1.165, 1.54) is 17.8 Å². The molecule has 32 heavy (non-hydrogen) atoms. The molecular formula is C22H21N7O3. The Hall–Kier alpha value is -4.34. The van der Waals surface area contributed by atoms with Gasteiger partial charge in [-0.3, -0.25) is 19.0 Å². The molecule has 10 nitrogen and oxygen atoms in total. The third-order valence-electron chi connectivity index (χ3n) is 4.73. The van der Waals surface area contributed by atoms with Gasteiger partial charge in [-0.15, -0.1) is 5.10 Å². The number of rotatable bonds is 6. The Balaban J connectivity index is 1.49. The number of nitrogens with one attached hydrogen (secondary N) is 2. The summed E-state index contributed by atoms with van der Waals surface area (Å²) in [7, 11) is 0. The summed E-state index contributed by atoms with van der Waals surface area (Å²) >= 11 is 0. The van der Waals surface area contributed by atoms with Crippen molar-refractivity contribution < 1.29 is 9.59 Å². The molecule has 0 radical (unpaired) electrons. The zero-order valence-corrected chi connectivity index (χ0v) is 17.6. The van der Waals surface area contributed by atoms with Crippen LogP contribution < -0.4 is 16.2 Å².